The molecule has 0 radical (unpaired) electrons. The highest BCUT2D eigenvalue weighted by Crippen LogP contribution is 2.25. The molecule has 0 aliphatic rings. The van der Waals surface area contributed by atoms with Crippen molar-refractivity contribution in [1.29, 1.82) is 0 Å². The van der Waals surface area contributed by atoms with Gasteiger partial charge in [-0.05, 0) is 24.6 Å². The van der Waals surface area contributed by atoms with Gasteiger partial charge in [0, 0.05) is 10.9 Å². The predicted molar refractivity (Wildman–Crippen MR) is 80.4 cm³/mol. The fraction of sp³-hybridized carbons (Fsp3) is 0.400. The number of hydrogen-bond acceptors (Lipinski definition) is 4. The van der Waals surface area contributed by atoms with Crippen LogP contribution < -0.4 is 0 Å². The second kappa shape index (κ2) is 6.72. The first kappa shape index (κ1) is 15.5. The van der Waals surface area contributed by atoms with E-state index >= 15 is 0 Å². The highest BCUT2D eigenvalue weighted by Gasteiger charge is 2.28. The maximum absolute atomic E-state index is 12.3. The minimum Gasteiger partial charge on any atom is -0.465 e. The Morgan fingerprint density at radius 1 is 1.33 bits per heavy atom. The molecule has 2 aromatic rings. The summed E-state index contributed by atoms with van der Waals surface area (Å²) in [5.74, 6) is 0.365. The third-order valence-corrected chi connectivity index (χ3v) is 3.29. The van der Waals surface area contributed by atoms with Crippen LogP contribution in [-0.2, 0) is 9.53 Å². The zero-order valence-corrected chi connectivity index (χ0v) is 13.0. The van der Waals surface area contributed by atoms with Gasteiger partial charge in [0.15, 0.2) is 5.82 Å². The smallest absolute Gasteiger partial charge is 0.321 e. The van der Waals surface area contributed by atoms with Gasteiger partial charge < -0.3 is 4.74 Å². The van der Waals surface area contributed by atoms with Gasteiger partial charge in [0.1, 0.15) is 11.7 Å². The molecule has 1 aromatic heterocycles. The molecule has 1 heterocycles. The Balaban J connectivity index is 2.39. The van der Waals surface area contributed by atoms with Crippen molar-refractivity contribution in [3.05, 3.63) is 46.5 Å². The van der Waals surface area contributed by atoms with Crippen LogP contribution in [0.1, 0.15) is 49.8 Å². The second-order valence-electron chi connectivity index (χ2n) is 4.97. The minimum absolute atomic E-state index is 0.183. The summed E-state index contributed by atoms with van der Waals surface area (Å²) in [5, 5.41) is 7.61. The van der Waals surface area contributed by atoms with Crippen LogP contribution in [0.4, 0.5) is 0 Å². The van der Waals surface area contributed by atoms with Crippen LogP contribution in [0, 0.1) is 0 Å². The number of aromatic nitrogens is 3. The quantitative estimate of drug-likeness (QED) is 0.861. The summed E-state index contributed by atoms with van der Waals surface area (Å²) in [6, 6.07) is 7.06. The van der Waals surface area contributed by atoms with E-state index in [0.717, 1.165) is 5.56 Å². The number of ether oxygens (including phenoxy) is 1. The fourth-order valence-corrected chi connectivity index (χ4v) is 2.09. The number of nitrogens with one attached hydrogen (secondary N) is 1. The van der Waals surface area contributed by atoms with Gasteiger partial charge in [-0.2, -0.15) is 5.10 Å². The molecule has 2 rings (SSSR count). The molecule has 1 aromatic carbocycles. The number of esters is 1. The summed E-state index contributed by atoms with van der Waals surface area (Å²) in [4.78, 5) is 16.7. The summed E-state index contributed by atoms with van der Waals surface area (Å²) in [5.41, 5.74) is 0.768. The Bertz CT molecular complexity index is 608. The lowest BCUT2D eigenvalue weighted by Gasteiger charge is -2.13. The van der Waals surface area contributed by atoms with E-state index in [1.54, 1.807) is 31.2 Å². The molecular weight excluding hydrogens is 290 g/mol. The van der Waals surface area contributed by atoms with Gasteiger partial charge in [0.05, 0.1) is 6.61 Å². The van der Waals surface area contributed by atoms with Crippen molar-refractivity contribution >= 4 is 17.6 Å². The third-order valence-electron chi connectivity index (χ3n) is 3.04. The molecule has 0 saturated heterocycles. The molecular formula is C15H18ClN3O2. The van der Waals surface area contributed by atoms with Crippen LogP contribution in [-0.4, -0.2) is 27.8 Å². The molecule has 5 nitrogen and oxygen atoms in total. The summed E-state index contributed by atoms with van der Waals surface area (Å²) in [6.45, 7) is 6.08. The van der Waals surface area contributed by atoms with Gasteiger partial charge in [-0.15, -0.1) is 0 Å². The van der Waals surface area contributed by atoms with E-state index in [0.29, 0.717) is 23.3 Å². The molecule has 6 heteroatoms. The Hall–Kier alpha value is -1.88. The first-order valence-electron chi connectivity index (χ1n) is 6.87. The lowest BCUT2D eigenvalue weighted by molar-refractivity contribution is -0.144. The zero-order valence-electron chi connectivity index (χ0n) is 12.3. The molecule has 0 fully saturated rings. The molecule has 0 spiro atoms. The first-order chi connectivity index (χ1) is 10.0. The third kappa shape index (κ3) is 3.61. The number of halogens is 1. The summed E-state index contributed by atoms with van der Waals surface area (Å²) in [6.07, 6.45) is 0. The first-order valence-corrected chi connectivity index (χ1v) is 7.25. The maximum atomic E-state index is 12.3. The van der Waals surface area contributed by atoms with Gasteiger partial charge in [0.2, 0.25) is 0 Å². The number of rotatable bonds is 5. The average molecular weight is 308 g/mol. The SMILES string of the molecule is CCOC(=O)C(c1ccc(Cl)cc1)c1nc(C(C)C)n[nH]1. The van der Waals surface area contributed by atoms with Crippen molar-refractivity contribution in [1.82, 2.24) is 15.2 Å². The number of aromatic amines is 1. The minimum atomic E-state index is -0.623. The monoisotopic (exact) mass is 307 g/mol. The Labute approximate surface area is 128 Å². The summed E-state index contributed by atoms with van der Waals surface area (Å²) in [7, 11) is 0. The second-order valence-corrected chi connectivity index (χ2v) is 5.41. The molecule has 1 atom stereocenters. The highest BCUT2D eigenvalue weighted by atomic mass is 35.5. The Morgan fingerprint density at radius 3 is 2.52 bits per heavy atom. The van der Waals surface area contributed by atoms with Gasteiger partial charge in [-0.1, -0.05) is 37.6 Å². The molecule has 112 valence electrons. The number of hydrogen-bond donors (Lipinski definition) is 1. The maximum Gasteiger partial charge on any atom is 0.321 e. The van der Waals surface area contributed by atoms with Crippen LogP contribution in [0.15, 0.2) is 24.3 Å². The van der Waals surface area contributed by atoms with Crippen molar-refractivity contribution < 1.29 is 9.53 Å². The standard InChI is InChI=1S/C15H18ClN3O2/c1-4-21-15(20)12(10-5-7-11(16)8-6-10)14-17-13(9(2)3)18-19-14/h5-9,12H,4H2,1-3H3,(H,17,18,19). The van der Waals surface area contributed by atoms with E-state index in [9.17, 15) is 4.79 Å². The normalized spacial score (nSPS) is 12.4. The summed E-state index contributed by atoms with van der Waals surface area (Å²) < 4.78 is 5.15. The number of carbonyl (C=O) groups excluding carboxylic acids is 1. The number of carbonyl (C=O) groups is 1. The lowest BCUT2D eigenvalue weighted by atomic mass is 9.98. The largest absolute Gasteiger partial charge is 0.465 e. The van der Waals surface area contributed by atoms with E-state index in [1.165, 1.54) is 0 Å². The van der Waals surface area contributed by atoms with Gasteiger partial charge in [-0.3, -0.25) is 9.89 Å². The van der Waals surface area contributed by atoms with Crippen LogP contribution in [0.25, 0.3) is 0 Å². The van der Waals surface area contributed by atoms with Crippen molar-refractivity contribution in [2.24, 2.45) is 0 Å². The average Bonchev–Trinajstić information content (AvgIpc) is 2.91. The van der Waals surface area contributed by atoms with Gasteiger partial charge >= 0.3 is 5.97 Å². The Kier molecular flexibility index (Phi) is 4.96. The lowest BCUT2D eigenvalue weighted by Crippen LogP contribution is -2.18. The molecule has 1 N–H and O–H groups in total. The van der Waals surface area contributed by atoms with E-state index < -0.39 is 5.92 Å². The molecule has 0 amide bonds. The van der Waals surface area contributed by atoms with Gasteiger partial charge in [0.25, 0.3) is 0 Å². The van der Waals surface area contributed by atoms with Crippen molar-refractivity contribution in [3.63, 3.8) is 0 Å². The van der Waals surface area contributed by atoms with E-state index in [4.69, 9.17) is 16.3 Å². The van der Waals surface area contributed by atoms with Crippen LogP contribution >= 0.6 is 11.6 Å². The highest BCUT2D eigenvalue weighted by molar-refractivity contribution is 6.30. The van der Waals surface area contributed by atoms with E-state index in [2.05, 4.69) is 15.2 Å². The van der Waals surface area contributed by atoms with Crippen molar-refractivity contribution in [3.8, 4) is 0 Å². The number of benzene rings is 1. The van der Waals surface area contributed by atoms with Crippen LogP contribution in [0.5, 0.6) is 0 Å². The predicted octanol–water partition coefficient (Wildman–Crippen LogP) is 3.28. The molecule has 0 aliphatic heterocycles. The Morgan fingerprint density at radius 2 is 2.00 bits per heavy atom. The van der Waals surface area contributed by atoms with E-state index in [-0.39, 0.29) is 11.9 Å². The molecule has 1 unspecified atom stereocenters. The fourth-order valence-electron chi connectivity index (χ4n) is 1.96. The van der Waals surface area contributed by atoms with Crippen molar-refractivity contribution in [2.45, 2.75) is 32.6 Å². The molecule has 21 heavy (non-hydrogen) atoms. The van der Waals surface area contributed by atoms with Gasteiger partial charge in [-0.25, -0.2) is 4.98 Å². The topological polar surface area (TPSA) is 67.9 Å². The molecule has 0 bridgehead atoms. The molecule has 0 aliphatic carbocycles. The van der Waals surface area contributed by atoms with Crippen LogP contribution in [0.2, 0.25) is 5.02 Å². The van der Waals surface area contributed by atoms with E-state index in [1.807, 2.05) is 13.8 Å². The number of nitrogens with zero attached hydrogens (tertiary/aromatic N) is 2. The van der Waals surface area contributed by atoms with Crippen molar-refractivity contribution in [2.75, 3.05) is 6.61 Å². The molecule has 0 saturated carbocycles. The van der Waals surface area contributed by atoms with Crippen LogP contribution in [0.3, 0.4) is 0 Å². The number of H-pyrrole nitrogens is 1. The zero-order chi connectivity index (χ0) is 15.4. The summed E-state index contributed by atoms with van der Waals surface area (Å²) >= 11 is 5.90.